The largest absolute Gasteiger partial charge is 0.453 e. The number of benzene rings is 2. The Kier molecular flexibility index (Phi) is 6.98. The molecule has 0 aromatic heterocycles. The molecule has 0 heterocycles. The highest BCUT2D eigenvalue weighted by Gasteiger charge is 2.17. The lowest BCUT2D eigenvalue weighted by atomic mass is 9.99. The van der Waals surface area contributed by atoms with Crippen LogP contribution >= 0.6 is 0 Å². The Morgan fingerprint density at radius 3 is 2.42 bits per heavy atom. The molecule has 1 N–H and O–H groups in total. The minimum Gasteiger partial charge on any atom is -0.453 e. The van der Waals surface area contributed by atoms with Crippen molar-refractivity contribution in [1.82, 2.24) is 0 Å². The summed E-state index contributed by atoms with van der Waals surface area (Å²) in [4.78, 5) is 11.5. The van der Waals surface area contributed by atoms with Gasteiger partial charge in [-0.25, -0.2) is 4.79 Å². The van der Waals surface area contributed by atoms with E-state index in [1.165, 1.54) is 7.11 Å². The third-order valence-corrected chi connectivity index (χ3v) is 4.15. The molecular weight excluding hydrogens is 326 g/mol. The van der Waals surface area contributed by atoms with E-state index in [4.69, 9.17) is 4.74 Å². The zero-order chi connectivity index (χ0) is 19.0. The van der Waals surface area contributed by atoms with Crippen LogP contribution in [0, 0.1) is 0 Å². The Morgan fingerprint density at radius 2 is 1.73 bits per heavy atom. The Morgan fingerprint density at radius 1 is 1.08 bits per heavy atom. The van der Waals surface area contributed by atoms with Crippen LogP contribution in [0.25, 0.3) is 5.57 Å². The minimum absolute atomic E-state index is 0.290. The topological polar surface area (TPSA) is 47.6 Å². The van der Waals surface area contributed by atoms with Crippen LogP contribution in [0.4, 0.5) is 10.5 Å². The van der Waals surface area contributed by atoms with E-state index in [-0.39, 0.29) is 5.60 Å². The highest BCUT2D eigenvalue weighted by Crippen LogP contribution is 2.26. The van der Waals surface area contributed by atoms with Crippen LogP contribution in [0.2, 0.25) is 0 Å². The van der Waals surface area contributed by atoms with E-state index in [2.05, 4.69) is 42.1 Å². The standard InChI is InChI=1S/C22H27NO3/c1-17(19-12-8-9-13-20(19)23-21(24)25-4)14-15-22(2,3)26-16-18-10-6-5-7-11-18/h5-14H,15-16H2,1-4H3,(H,23,24)/b17-14+. The molecule has 4 heteroatoms. The fourth-order valence-corrected chi connectivity index (χ4v) is 2.52. The number of allylic oxidation sites excluding steroid dienone is 1. The molecule has 0 saturated carbocycles. The number of para-hydroxylation sites is 1. The van der Waals surface area contributed by atoms with Gasteiger partial charge in [0.05, 0.1) is 25.0 Å². The van der Waals surface area contributed by atoms with Crippen molar-refractivity contribution in [2.75, 3.05) is 12.4 Å². The summed E-state index contributed by atoms with van der Waals surface area (Å²) in [7, 11) is 1.35. The van der Waals surface area contributed by atoms with Crippen LogP contribution in [-0.4, -0.2) is 18.8 Å². The van der Waals surface area contributed by atoms with Crippen LogP contribution in [0.15, 0.2) is 60.7 Å². The first-order chi connectivity index (χ1) is 12.4. The third-order valence-electron chi connectivity index (χ3n) is 4.15. The maximum atomic E-state index is 11.5. The van der Waals surface area contributed by atoms with Crippen LogP contribution < -0.4 is 5.32 Å². The molecule has 0 aliphatic carbocycles. The van der Waals surface area contributed by atoms with E-state index in [1.54, 1.807) is 0 Å². The molecule has 0 radical (unpaired) electrons. The maximum absolute atomic E-state index is 11.5. The lowest BCUT2D eigenvalue weighted by Crippen LogP contribution is -2.23. The average molecular weight is 353 g/mol. The van der Waals surface area contributed by atoms with E-state index in [0.29, 0.717) is 6.61 Å². The van der Waals surface area contributed by atoms with Crippen molar-refractivity contribution in [3.8, 4) is 0 Å². The SMILES string of the molecule is COC(=O)Nc1ccccc1/C(C)=C/CC(C)(C)OCc1ccccc1. The summed E-state index contributed by atoms with van der Waals surface area (Å²) >= 11 is 0. The quantitative estimate of drug-likeness (QED) is 0.699. The number of carbonyl (C=O) groups excluding carboxylic acids is 1. The fraction of sp³-hybridized carbons (Fsp3) is 0.318. The van der Waals surface area contributed by atoms with Gasteiger partial charge in [-0.15, -0.1) is 0 Å². The molecule has 26 heavy (non-hydrogen) atoms. The molecule has 0 spiro atoms. The van der Waals surface area contributed by atoms with Gasteiger partial charge in [0.2, 0.25) is 0 Å². The number of anilines is 1. The van der Waals surface area contributed by atoms with Crippen molar-refractivity contribution in [3.05, 3.63) is 71.8 Å². The first-order valence-electron chi connectivity index (χ1n) is 8.70. The Labute approximate surface area is 155 Å². The van der Waals surface area contributed by atoms with E-state index < -0.39 is 6.09 Å². The summed E-state index contributed by atoms with van der Waals surface area (Å²) in [5, 5.41) is 2.75. The van der Waals surface area contributed by atoms with Gasteiger partial charge in [0.15, 0.2) is 0 Å². The van der Waals surface area contributed by atoms with Gasteiger partial charge in [-0.05, 0) is 44.4 Å². The lowest BCUT2D eigenvalue weighted by Gasteiger charge is -2.24. The van der Waals surface area contributed by atoms with Crippen LogP contribution in [0.5, 0.6) is 0 Å². The Hall–Kier alpha value is -2.59. The number of methoxy groups -OCH3 is 1. The normalized spacial score (nSPS) is 11.9. The second-order valence-corrected chi connectivity index (χ2v) is 6.79. The summed E-state index contributed by atoms with van der Waals surface area (Å²) < 4.78 is 10.8. The first-order valence-corrected chi connectivity index (χ1v) is 8.70. The molecule has 0 unspecified atom stereocenters. The maximum Gasteiger partial charge on any atom is 0.411 e. The molecule has 2 aromatic carbocycles. The number of hydrogen-bond donors (Lipinski definition) is 1. The lowest BCUT2D eigenvalue weighted by molar-refractivity contribution is -0.0267. The van der Waals surface area contributed by atoms with Crippen molar-refractivity contribution in [2.24, 2.45) is 0 Å². The molecular formula is C22H27NO3. The monoisotopic (exact) mass is 353 g/mol. The molecule has 1 amide bonds. The number of rotatable bonds is 7. The van der Waals surface area contributed by atoms with Gasteiger partial charge in [-0.3, -0.25) is 5.32 Å². The highest BCUT2D eigenvalue weighted by atomic mass is 16.5. The van der Waals surface area contributed by atoms with Crippen molar-refractivity contribution < 1.29 is 14.3 Å². The zero-order valence-corrected chi connectivity index (χ0v) is 15.9. The van der Waals surface area contributed by atoms with Gasteiger partial charge >= 0.3 is 6.09 Å². The Balaban J connectivity index is 2.03. The third kappa shape index (κ3) is 6.05. The molecule has 0 aliphatic rings. The number of amides is 1. The predicted octanol–water partition coefficient (Wildman–Crippen LogP) is 5.65. The molecule has 0 atom stereocenters. The number of ether oxygens (including phenoxy) is 2. The second kappa shape index (κ2) is 9.20. The summed E-state index contributed by atoms with van der Waals surface area (Å²) in [5.41, 5.74) is 3.65. The first kappa shape index (κ1) is 19.7. The predicted molar refractivity (Wildman–Crippen MR) is 106 cm³/mol. The number of nitrogens with one attached hydrogen (secondary N) is 1. The molecule has 0 bridgehead atoms. The van der Waals surface area contributed by atoms with Gasteiger partial charge in [0.1, 0.15) is 0 Å². The average Bonchev–Trinajstić information content (AvgIpc) is 2.66. The van der Waals surface area contributed by atoms with Crippen molar-refractivity contribution in [1.29, 1.82) is 0 Å². The van der Waals surface area contributed by atoms with Crippen molar-refractivity contribution in [2.45, 2.75) is 39.4 Å². The fourth-order valence-electron chi connectivity index (χ4n) is 2.52. The van der Waals surface area contributed by atoms with Crippen LogP contribution in [0.1, 0.15) is 38.3 Å². The molecule has 0 fully saturated rings. The van der Waals surface area contributed by atoms with Gasteiger partial charge in [0.25, 0.3) is 0 Å². The highest BCUT2D eigenvalue weighted by molar-refractivity contribution is 5.89. The Bertz CT molecular complexity index is 751. The van der Waals surface area contributed by atoms with Crippen LogP contribution in [0.3, 0.4) is 0 Å². The molecule has 0 saturated heterocycles. The number of carbonyl (C=O) groups is 1. The minimum atomic E-state index is -0.475. The summed E-state index contributed by atoms with van der Waals surface area (Å²) in [6.45, 7) is 6.78. The molecule has 2 aromatic rings. The zero-order valence-electron chi connectivity index (χ0n) is 15.9. The summed E-state index contributed by atoms with van der Waals surface area (Å²) in [5.74, 6) is 0. The van der Waals surface area contributed by atoms with E-state index in [0.717, 1.165) is 28.8 Å². The van der Waals surface area contributed by atoms with Gasteiger partial charge in [-0.2, -0.15) is 0 Å². The van der Waals surface area contributed by atoms with Crippen LogP contribution in [-0.2, 0) is 16.1 Å². The molecule has 0 aliphatic heterocycles. The molecule has 2 rings (SSSR count). The molecule has 4 nitrogen and oxygen atoms in total. The van der Waals surface area contributed by atoms with Crippen molar-refractivity contribution >= 4 is 17.4 Å². The summed E-state index contributed by atoms with van der Waals surface area (Å²) in [6, 6.07) is 17.8. The van der Waals surface area contributed by atoms with E-state index in [9.17, 15) is 4.79 Å². The van der Waals surface area contributed by atoms with E-state index >= 15 is 0 Å². The summed E-state index contributed by atoms with van der Waals surface area (Å²) in [6.07, 6.45) is 2.43. The number of hydrogen-bond acceptors (Lipinski definition) is 3. The van der Waals surface area contributed by atoms with Gasteiger partial charge in [-0.1, -0.05) is 54.6 Å². The smallest absolute Gasteiger partial charge is 0.411 e. The van der Waals surface area contributed by atoms with Crippen molar-refractivity contribution in [3.63, 3.8) is 0 Å². The second-order valence-electron chi connectivity index (χ2n) is 6.79. The van der Waals surface area contributed by atoms with Gasteiger partial charge in [0, 0.05) is 5.56 Å². The van der Waals surface area contributed by atoms with Gasteiger partial charge < -0.3 is 9.47 Å². The van der Waals surface area contributed by atoms with E-state index in [1.807, 2.05) is 49.4 Å². The molecule has 138 valence electrons.